The van der Waals surface area contributed by atoms with E-state index in [4.69, 9.17) is 21.1 Å². The van der Waals surface area contributed by atoms with Crippen LogP contribution < -0.4 is 9.47 Å². The molecule has 0 N–H and O–H groups in total. The Labute approximate surface area is 202 Å². The van der Waals surface area contributed by atoms with Crippen molar-refractivity contribution < 1.29 is 27.8 Å². The third-order valence-electron chi connectivity index (χ3n) is 5.28. The summed E-state index contributed by atoms with van der Waals surface area (Å²) in [5.41, 5.74) is 0.754. The lowest BCUT2D eigenvalue weighted by atomic mass is 10.1. The fourth-order valence-corrected chi connectivity index (χ4v) is 3.71. The lowest BCUT2D eigenvalue weighted by Crippen LogP contribution is -2.50. The highest BCUT2D eigenvalue weighted by molar-refractivity contribution is 6.32. The maximum absolute atomic E-state index is 13.4. The van der Waals surface area contributed by atoms with Gasteiger partial charge in [0.1, 0.15) is 0 Å². The van der Waals surface area contributed by atoms with Crippen molar-refractivity contribution in [3.05, 3.63) is 64.2 Å². The Morgan fingerprint density at radius 2 is 1.74 bits per heavy atom. The van der Waals surface area contributed by atoms with Crippen LogP contribution in [0.3, 0.4) is 0 Å². The minimum Gasteiger partial charge on any atom is -0.493 e. The lowest BCUT2D eigenvalue weighted by molar-refractivity contribution is -0.127. The quantitative estimate of drug-likeness (QED) is 0.527. The molecular weight excluding hydrogens is 466 g/mol. The summed E-state index contributed by atoms with van der Waals surface area (Å²) in [6, 6.07) is 6.50. The highest BCUT2D eigenvalue weighted by Gasteiger charge is 2.24. The first-order chi connectivity index (χ1) is 16.2. The molecule has 1 fully saturated rings. The van der Waals surface area contributed by atoms with Gasteiger partial charge in [0, 0.05) is 37.8 Å². The number of rotatable bonds is 7. The van der Waals surface area contributed by atoms with Gasteiger partial charge in [-0.25, -0.2) is 8.78 Å². The van der Waals surface area contributed by atoms with E-state index in [1.54, 1.807) is 23.1 Å². The van der Waals surface area contributed by atoms with Gasteiger partial charge in [0.15, 0.2) is 23.1 Å². The van der Waals surface area contributed by atoms with E-state index in [0.717, 1.165) is 12.1 Å². The van der Waals surface area contributed by atoms with Crippen molar-refractivity contribution in [1.82, 2.24) is 9.80 Å². The lowest BCUT2D eigenvalue weighted by Gasteiger charge is -2.34. The van der Waals surface area contributed by atoms with Crippen LogP contribution in [0.5, 0.6) is 11.5 Å². The number of amides is 2. The van der Waals surface area contributed by atoms with E-state index in [9.17, 15) is 18.4 Å². The summed E-state index contributed by atoms with van der Waals surface area (Å²) in [5.74, 6) is -1.42. The van der Waals surface area contributed by atoms with E-state index in [-0.39, 0.29) is 11.5 Å². The van der Waals surface area contributed by atoms with Crippen LogP contribution >= 0.6 is 11.6 Å². The minimum atomic E-state index is -1.07. The van der Waals surface area contributed by atoms with Gasteiger partial charge >= 0.3 is 0 Å². The van der Waals surface area contributed by atoms with Crippen molar-refractivity contribution in [2.24, 2.45) is 5.92 Å². The molecule has 9 heteroatoms. The van der Waals surface area contributed by atoms with E-state index < -0.39 is 17.5 Å². The number of methoxy groups -OCH3 is 1. The van der Waals surface area contributed by atoms with Crippen LogP contribution in [-0.2, 0) is 4.79 Å². The van der Waals surface area contributed by atoms with Crippen molar-refractivity contribution in [2.45, 2.75) is 13.8 Å². The van der Waals surface area contributed by atoms with E-state index in [1.165, 1.54) is 24.2 Å². The minimum absolute atomic E-state index is 0.0743. The third kappa shape index (κ3) is 6.26. The number of halogens is 3. The van der Waals surface area contributed by atoms with Crippen LogP contribution in [0.1, 0.15) is 29.8 Å². The molecule has 0 saturated carbocycles. The van der Waals surface area contributed by atoms with Gasteiger partial charge in [0.05, 0.1) is 18.7 Å². The number of piperazine rings is 1. The molecule has 1 saturated heterocycles. The molecule has 1 aliphatic heterocycles. The van der Waals surface area contributed by atoms with E-state index in [1.807, 2.05) is 13.8 Å². The smallest absolute Gasteiger partial charge is 0.254 e. The zero-order chi connectivity index (χ0) is 24.8. The standard InChI is InChI=1S/C25H27ClF2N2O4/c1-16(2)15-34-24-19(26)12-17(13-22(24)33-3)4-7-23(31)29-8-10-30(11-9-29)25(32)18-5-6-20(27)21(28)14-18/h4-7,12-14,16H,8-11,15H2,1-3H3/b7-4+. The molecule has 0 unspecified atom stereocenters. The van der Waals surface area contributed by atoms with Crippen LogP contribution in [0.25, 0.3) is 6.08 Å². The maximum atomic E-state index is 13.4. The van der Waals surface area contributed by atoms with Crippen LogP contribution in [0.15, 0.2) is 36.4 Å². The highest BCUT2D eigenvalue weighted by Crippen LogP contribution is 2.37. The summed E-state index contributed by atoms with van der Waals surface area (Å²) in [4.78, 5) is 28.3. The highest BCUT2D eigenvalue weighted by atomic mass is 35.5. The third-order valence-corrected chi connectivity index (χ3v) is 5.56. The molecule has 1 aliphatic rings. The maximum Gasteiger partial charge on any atom is 0.254 e. The Hall–Kier alpha value is -3.13. The molecule has 0 atom stereocenters. The fourth-order valence-electron chi connectivity index (χ4n) is 3.44. The van der Waals surface area contributed by atoms with Gasteiger partial charge in [0.25, 0.3) is 5.91 Å². The Morgan fingerprint density at radius 3 is 2.35 bits per heavy atom. The number of nitrogens with zero attached hydrogens (tertiary/aromatic N) is 2. The first-order valence-electron chi connectivity index (χ1n) is 10.9. The molecule has 3 rings (SSSR count). The molecule has 2 aromatic rings. The van der Waals surface area contributed by atoms with Gasteiger partial charge in [-0.1, -0.05) is 25.4 Å². The van der Waals surface area contributed by atoms with E-state index in [2.05, 4.69) is 0 Å². The van der Waals surface area contributed by atoms with Crippen LogP contribution in [0.4, 0.5) is 8.78 Å². The van der Waals surface area contributed by atoms with Crippen molar-refractivity contribution in [3.8, 4) is 11.5 Å². The molecule has 2 amide bonds. The first kappa shape index (κ1) is 25.5. The predicted octanol–water partition coefficient (Wildman–Crippen LogP) is 4.66. The van der Waals surface area contributed by atoms with Gasteiger partial charge in [-0.15, -0.1) is 0 Å². The van der Waals surface area contributed by atoms with Crippen LogP contribution in [0, 0.1) is 17.6 Å². The molecule has 2 aromatic carbocycles. The molecule has 34 heavy (non-hydrogen) atoms. The number of carbonyl (C=O) groups excluding carboxylic acids is 2. The zero-order valence-electron chi connectivity index (χ0n) is 19.3. The molecular formula is C25H27ClF2N2O4. The Morgan fingerprint density at radius 1 is 1.06 bits per heavy atom. The average Bonchev–Trinajstić information content (AvgIpc) is 2.82. The molecule has 0 aromatic heterocycles. The Kier molecular flexibility index (Phi) is 8.50. The van der Waals surface area contributed by atoms with Crippen molar-refractivity contribution >= 4 is 29.5 Å². The van der Waals surface area contributed by atoms with Gasteiger partial charge in [-0.2, -0.15) is 0 Å². The number of benzene rings is 2. The molecule has 1 heterocycles. The van der Waals surface area contributed by atoms with Crippen molar-refractivity contribution in [1.29, 1.82) is 0 Å². The summed E-state index contributed by atoms with van der Waals surface area (Å²) < 4.78 is 37.7. The van der Waals surface area contributed by atoms with Crippen LogP contribution in [0.2, 0.25) is 5.02 Å². The normalized spacial score (nSPS) is 14.1. The second-order valence-corrected chi connectivity index (χ2v) is 8.73. The molecule has 6 nitrogen and oxygen atoms in total. The Bertz CT molecular complexity index is 1080. The monoisotopic (exact) mass is 492 g/mol. The largest absolute Gasteiger partial charge is 0.493 e. The second-order valence-electron chi connectivity index (χ2n) is 8.32. The molecule has 0 aliphatic carbocycles. The molecule has 0 bridgehead atoms. The summed E-state index contributed by atoms with van der Waals surface area (Å²) in [6.07, 6.45) is 3.08. The second kappa shape index (κ2) is 11.3. The first-order valence-corrected chi connectivity index (χ1v) is 11.3. The molecule has 0 radical (unpaired) electrons. The van der Waals surface area contributed by atoms with Crippen molar-refractivity contribution in [3.63, 3.8) is 0 Å². The Balaban J connectivity index is 1.60. The molecule has 182 valence electrons. The summed E-state index contributed by atoms with van der Waals surface area (Å²) in [7, 11) is 1.52. The number of carbonyl (C=O) groups is 2. The van der Waals surface area contributed by atoms with Gasteiger partial charge < -0.3 is 19.3 Å². The van der Waals surface area contributed by atoms with Gasteiger partial charge in [-0.3, -0.25) is 9.59 Å². The van der Waals surface area contributed by atoms with E-state index in [0.29, 0.717) is 60.8 Å². The zero-order valence-corrected chi connectivity index (χ0v) is 20.1. The topological polar surface area (TPSA) is 59.1 Å². The van der Waals surface area contributed by atoms with Gasteiger partial charge in [0.2, 0.25) is 5.91 Å². The number of ether oxygens (including phenoxy) is 2. The number of hydrogen-bond acceptors (Lipinski definition) is 4. The summed E-state index contributed by atoms with van der Waals surface area (Å²) in [6.45, 7) is 5.78. The predicted molar refractivity (Wildman–Crippen MR) is 126 cm³/mol. The van der Waals surface area contributed by atoms with Crippen molar-refractivity contribution in [2.75, 3.05) is 39.9 Å². The van der Waals surface area contributed by atoms with Crippen LogP contribution in [-0.4, -0.2) is 61.5 Å². The molecule has 0 spiro atoms. The SMILES string of the molecule is COc1cc(/C=C/C(=O)N2CCN(C(=O)c3ccc(F)c(F)c3)CC2)cc(Cl)c1OCC(C)C. The van der Waals surface area contributed by atoms with Gasteiger partial charge in [-0.05, 0) is 47.9 Å². The number of hydrogen-bond donors (Lipinski definition) is 0. The summed E-state index contributed by atoms with van der Waals surface area (Å²) in [5, 5.41) is 0.386. The van der Waals surface area contributed by atoms with E-state index >= 15 is 0 Å². The average molecular weight is 493 g/mol. The summed E-state index contributed by atoms with van der Waals surface area (Å²) >= 11 is 6.36. The fraction of sp³-hybridized carbons (Fsp3) is 0.360.